The zero-order valence-electron chi connectivity index (χ0n) is 11.2. The van der Waals surface area contributed by atoms with Crippen LogP contribution in [-0.4, -0.2) is 16.8 Å². The van der Waals surface area contributed by atoms with Crippen LogP contribution in [0.1, 0.15) is 27.7 Å². The standard InChI is InChI=1S/C15H18O2S/c1-12(18-13-8-6-5-7-9-13)10-11-14(16)17-15(2,3)4/h5-9,12H,1-4H3. The Balaban J connectivity index is 2.51. The van der Waals surface area contributed by atoms with Gasteiger partial charge < -0.3 is 4.74 Å². The summed E-state index contributed by atoms with van der Waals surface area (Å²) >= 11 is 1.62. The molecule has 0 saturated carbocycles. The van der Waals surface area contributed by atoms with Crippen LogP contribution in [0.5, 0.6) is 0 Å². The highest BCUT2D eigenvalue weighted by molar-refractivity contribution is 8.00. The molecule has 1 unspecified atom stereocenters. The predicted molar refractivity (Wildman–Crippen MR) is 75.4 cm³/mol. The SMILES string of the molecule is CC(C#CC(=O)OC(C)(C)C)Sc1ccccc1. The molecule has 0 aliphatic rings. The highest BCUT2D eigenvalue weighted by Crippen LogP contribution is 2.21. The van der Waals surface area contributed by atoms with Crippen molar-refractivity contribution >= 4 is 17.7 Å². The summed E-state index contributed by atoms with van der Waals surface area (Å²) < 4.78 is 5.12. The van der Waals surface area contributed by atoms with Gasteiger partial charge in [-0.3, -0.25) is 0 Å². The van der Waals surface area contributed by atoms with Gasteiger partial charge in [0.25, 0.3) is 0 Å². The van der Waals surface area contributed by atoms with Crippen LogP contribution in [0, 0.1) is 11.8 Å². The summed E-state index contributed by atoms with van der Waals surface area (Å²) in [5, 5.41) is 0.0555. The molecule has 0 amide bonds. The van der Waals surface area contributed by atoms with Gasteiger partial charge in [0, 0.05) is 10.8 Å². The Labute approximate surface area is 113 Å². The predicted octanol–water partition coefficient (Wildman–Crippen LogP) is 3.51. The molecule has 96 valence electrons. The number of thioether (sulfide) groups is 1. The van der Waals surface area contributed by atoms with Gasteiger partial charge in [-0.25, -0.2) is 4.79 Å². The van der Waals surface area contributed by atoms with E-state index in [1.54, 1.807) is 11.8 Å². The third kappa shape index (κ3) is 6.36. The number of carbonyl (C=O) groups is 1. The summed E-state index contributed by atoms with van der Waals surface area (Å²) in [4.78, 5) is 12.6. The highest BCUT2D eigenvalue weighted by atomic mass is 32.2. The molecule has 0 spiro atoms. The largest absolute Gasteiger partial charge is 0.450 e. The summed E-state index contributed by atoms with van der Waals surface area (Å²) in [7, 11) is 0. The van der Waals surface area contributed by atoms with Crippen LogP contribution in [0.3, 0.4) is 0 Å². The lowest BCUT2D eigenvalue weighted by Gasteiger charge is -2.17. The van der Waals surface area contributed by atoms with Crippen molar-refractivity contribution in [3.05, 3.63) is 30.3 Å². The second kappa shape index (κ2) is 6.51. The van der Waals surface area contributed by atoms with E-state index in [1.165, 1.54) is 0 Å². The third-order valence-electron chi connectivity index (χ3n) is 1.83. The molecule has 3 heteroatoms. The molecule has 1 aromatic carbocycles. The van der Waals surface area contributed by atoms with Crippen LogP contribution < -0.4 is 0 Å². The number of esters is 1. The van der Waals surface area contributed by atoms with Gasteiger partial charge in [0.15, 0.2) is 0 Å². The quantitative estimate of drug-likeness (QED) is 0.353. The van der Waals surface area contributed by atoms with E-state index in [0.717, 1.165) is 4.90 Å². The van der Waals surface area contributed by atoms with Gasteiger partial charge >= 0.3 is 5.97 Å². The molecular formula is C15H18O2S. The molecule has 0 heterocycles. The Morgan fingerprint density at radius 1 is 1.28 bits per heavy atom. The van der Waals surface area contributed by atoms with Gasteiger partial charge in [0.05, 0.1) is 5.25 Å². The van der Waals surface area contributed by atoms with E-state index >= 15 is 0 Å². The molecule has 1 atom stereocenters. The molecule has 0 saturated heterocycles. The first-order chi connectivity index (χ1) is 8.37. The first-order valence-corrected chi connectivity index (χ1v) is 6.71. The normalized spacial score (nSPS) is 12.2. The van der Waals surface area contributed by atoms with E-state index in [-0.39, 0.29) is 5.25 Å². The average molecular weight is 262 g/mol. The fourth-order valence-electron chi connectivity index (χ4n) is 1.20. The van der Waals surface area contributed by atoms with E-state index in [2.05, 4.69) is 11.8 Å². The van der Waals surface area contributed by atoms with Gasteiger partial charge in [0.1, 0.15) is 5.60 Å². The summed E-state index contributed by atoms with van der Waals surface area (Å²) in [6.45, 7) is 7.45. The molecule has 0 aliphatic heterocycles. The molecule has 18 heavy (non-hydrogen) atoms. The van der Waals surface area contributed by atoms with Gasteiger partial charge in [0.2, 0.25) is 0 Å². The molecule has 0 radical (unpaired) electrons. The van der Waals surface area contributed by atoms with E-state index < -0.39 is 11.6 Å². The second-order valence-electron chi connectivity index (χ2n) is 4.84. The first-order valence-electron chi connectivity index (χ1n) is 5.83. The zero-order chi connectivity index (χ0) is 13.6. The molecule has 0 aliphatic carbocycles. The van der Waals surface area contributed by atoms with Crippen molar-refractivity contribution in [3.8, 4) is 11.8 Å². The van der Waals surface area contributed by atoms with E-state index in [4.69, 9.17) is 4.74 Å². The van der Waals surface area contributed by atoms with Crippen LogP contribution in [0.15, 0.2) is 35.2 Å². The molecule has 0 bridgehead atoms. The van der Waals surface area contributed by atoms with Crippen molar-refractivity contribution in [1.29, 1.82) is 0 Å². The first kappa shape index (κ1) is 14.7. The minimum absolute atomic E-state index is 0.0555. The van der Waals surface area contributed by atoms with Crippen LogP contribution >= 0.6 is 11.8 Å². The fraction of sp³-hybridized carbons (Fsp3) is 0.400. The maximum absolute atomic E-state index is 11.4. The van der Waals surface area contributed by atoms with Crippen LogP contribution in [0.2, 0.25) is 0 Å². The van der Waals surface area contributed by atoms with Crippen molar-refractivity contribution in [2.24, 2.45) is 0 Å². The lowest BCUT2D eigenvalue weighted by molar-refractivity contribution is -0.147. The number of ether oxygens (including phenoxy) is 1. The van der Waals surface area contributed by atoms with E-state index in [0.29, 0.717) is 0 Å². The average Bonchev–Trinajstić information content (AvgIpc) is 2.25. The van der Waals surface area contributed by atoms with Crippen molar-refractivity contribution in [2.75, 3.05) is 0 Å². The Kier molecular flexibility index (Phi) is 5.30. The van der Waals surface area contributed by atoms with Crippen molar-refractivity contribution in [1.82, 2.24) is 0 Å². The Hall–Kier alpha value is -1.40. The van der Waals surface area contributed by atoms with Crippen molar-refractivity contribution < 1.29 is 9.53 Å². The fourth-order valence-corrected chi connectivity index (χ4v) is 2.04. The molecule has 0 fully saturated rings. The number of benzene rings is 1. The number of rotatable bonds is 2. The van der Waals surface area contributed by atoms with Crippen LogP contribution in [-0.2, 0) is 9.53 Å². The summed E-state index contributed by atoms with van der Waals surface area (Å²) in [6, 6.07) is 9.99. The lowest BCUT2D eigenvalue weighted by atomic mass is 10.2. The minimum Gasteiger partial charge on any atom is -0.450 e. The van der Waals surface area contributed by atoms with Crippen molar-refractivity contribution in [2.45, 2.75) is 43.4 Å². The maximum atomic E-state index is 11.4. The number of hydrogen-bond acceptors (Lipinski definition) is 3. The van der Waals surface area contributed by atoms with E-state index in [1.807, 2.05) is 58.0 Å². The maximum Gasteiger partial charge on any atom is 0.384 e. The second-order valence-corrected chi connectivity index (χ2v) is 6.26. The van der Waals surface area contributed by atoms with Crippen LogP contribution in [0.4, 0.5) is 0 Å². The van der Waals surface area contributed by atoms with Gasteiger partial charge in [-0.05, 0) is 39.8 Å². The highest BCUT2D eigenvalue weighted by Gasteiger charge is 2.14. The third-order valence-corrected chi connectivity index (χ3v) is 2.85. The molecule has 1 aromatic rings. The summed E-state index contributed by atoms with van der Waals surface area (Å²) in [5.41, 5.74) is -0.485. The van der Waals surface area contributed by atoms with E-state index in [9.17, 15) is 4.79 Å². The number of hydrogen-bond donors (Lipinski definition) is 0. The Bertz CT molecular complexity index is 449. The monoisotopic (exact) mass is 262 g/mol. The lowest BCUT2D eigenvalue weighted by Crippen LogP contribution is -2.22. The van der Waals surface area contributed by atoms with Gasteiger partial charge in [-0.1, -0.05) is 24.1 Å². The number of carbonyl (C=O) groups excluding carboxylic acids is 1. The molecule has 1 rings (SSSR count). The smallest absolute Gasteiger partial charge is 0.384 e. The van der Waals surface area contributed by atoms with Gasteiger partial charge in [-0.2, -0.15) is 0 Å². The molecule has 2 nitrogen and oxygen atoms in total. The Morgan fingerprint density at radius 3 is 2.44 bits per heavy atom. The summed E-state index contributed by atoms with van der Waals surface area (Å²) in [6.07, 6.45) is 0. The molecule has 0 N–H and O–H groups in total. The van der Waals surface area contributed by atoms with Gasteiger partial charge in [-0.15, -0.1) is 11.8 Å². The molecular weight excluding hydrogens is 244 g/mol. The Morgan fingerprint density at radius 2 is 1.89 bits per heavy atom. The summed E-state index contributed by atoms with van der Waals surface area (Å²) in [5.74, 6) is 4.95. The van der Waals surface area contributed by atoms with Crippen LogP contribution in [0.25, 0.3) is 0 Å². The topological polar surface area (TPSA) is 26.3 Å². The molecule has 0 aromatic heterocycles. The van der Waals surface area contributed by atoms with Crippen molar-refractivity contribution in [3.63, 3.8) is 0 Å². The zero-order valence-corrected chi connectivity index (χ0v) is 12.0. The minimum atomic E-state index is -0.485.